The second-order valence-corrected chi connectivity index (χ2v) is 9.68. The summed E-state index contributed by atoms with van der Waals surface area (Å²) in [5.41, 5.74) is -0.721. The fourth-order valence-corrected chi connectivity index (χ4v) is 6.80. The van der Waals surface area contributed by atoms with Gasteiger partial charge < -0.3 is 18.9 Å². The van der Waals surface area contributed by atoms with Crippen LogP contribution < -0.4 is 0 Å². The van der Waals surface area contributed by atoms with E-state index in [-0.39, 0.29) is 23.8 Å². The first-order valence-corrected chi connectivity index (χ1v) is 11.3. The standard InChI is InChI=1S/C22H32O6/c23-20(27-17-5-1-3-7-25-17)19-16-10-14-9-15(11-16)13-22(19,12-14)21(24)28-18-6-2-4-8-26-18/h14-19H,1-13H2. The molecule has 2 aliphatic heterocycles. The second kappa shape index (κ2) is 7.60. The number of carbonyl (C=O) groups excluding carboxylic acids is 2. The van der Waals surface area contributed by atoms with Gasteiger partial charge in [-0.1, -0.05) is 0 Å². The molecule has 4 saturated carbocycles. The van der Waals surface area contributed by atoms with Crippen LogP contribution in [0.4, 0.5) is 0 Å². The molecule has 156 valence electrons. The number of carbonyl (C=O) groups is 2. The number of esters is 2. The highest BCUT2D eigenvalue weighted by molar-refractivity contribution is 5.86. The Bertz CT molecular complexity index is 592. The Kier molecular flexibility index (Phi) is 5.12. The van der Waals surface area contributed by atoms with Crippen molar-refractivity contribution in [3.8, 4) is 0 Å². The molecule has 6 fully saturated rings. The largest absolute Gasteiger partial charge is 0.436 e. The molecular weight excluding hydrogens is 360 g/mol. The molecule has 4 bridgehead atoms. The van der Waals surface area contributed by atoms with Gasteiger partial charge in [-0.25, -0.2) is 0 Å². The van der Waals surface area contributed by atoms with E-state index in [0.29, 0.717) is 25.0 Å². The predicted octanol–water partition coefficient (Wildman–Crippen LogP) is 3.57. The Morgan fingerprint density at radius 2 is 1.39 bits per heavy atom. The Morgan fingerprint density at radius 3 is 1.96 bits per heavy atom. The molecule has 0 radical (unpaired) electrons. The van der Waals surface area contributed by atoms with Gasteiger partial charge in [-0.2, -0.15) is 0 Å². The van der Waals surface area contributed by atoms with Gasteiger partial charge in [-0.05, 0) is 75.5 Å². The average molecular weight is 392 g/mol. The van der Waals surface area contributed by atoms with Crippen LogP contribution in [0.25, 0.3) is 0 Å². The van der Waals surface area contributed by atoms with Crippen LogP contribution in [0.15, 0.2) is 0 Å². The summed E-state index contributed by atoms with van der Waals surface area (Å²) < 4.78 is 22.9. The molecule has 28 heavy (non-hydrogen) atoms. The first-order valence-electron chi connectivity index (χ1n) is 11.3. The first kappa shape index (κ1) is 18.9. The zero-order chi connectivity index (χ0) is 19.1. The smallest absolute Gasteiger partial charge is 0.315 e. The lowest BCUT2D eigenvalue weighted by Crippen LogP contribution is -2.60. The maximum atomic E-state index is 13.4. The van der Waals surface area contributed by atoms with E-state index in [1.165, 1.54) is 6.42 Å². The zero-order valence-corrected chi connectivity index (χ0v) is 16.6. The SMILES string of the molecule is O=C(OC1CCCCO1)C1C2CC3CC(C2)CC1(C(=O)OC1CCCCO1)C3. The van der Waals surface area contributed by atoms with E-state index in [9.17, 15) is 9.59 Å². The van der Waals surface area contributed by atoms with Crippen molar-refractivity contribution in [2.45, 2.75) is 83.2 Å². The summed E-state index contributed by atoms with van der Waals surface area (Å²) >= 11 is 0. The van der Waals surface area contributed by atoms with Crippen molar-refractivity contribution >= 4 is 11.9 Å². The van der Waals surface area contributed by atoms with E-state index in [0.717, 1.165) is 64.2 Å². The summed E-state index contributed by atoms with van der Waals surface area (Å²) in [6.07, 6.45) is 9.46. The van der Waals surface area contributed by atoms with Crippen LogP contribution in [0.2, 0.25) is 0 Å². The highest BCUT2D eigenvalue weighted by Crippen LogP contribution is 2.63. The maximum Gasteiger partial charge on any atom is 0.315 e. The Balaban J connectivity index is 1.36. The Hall–Kier alpha value is -1.14. The van der Waals surface area contributed by atoms with Gasteiger partial charge in [0, 0.05) is 12.8 Å². The van der Waals surface area contributed by atoms with Crippen molar-refractivity contribution in [1.29, 1.82) is 0 Å². The van der Waals surface area contributed by atoms with Crippen molar-refractivity contribution < 1.29 is 28.5 Å². The molecule has 0 aromatic rings. The van der Waals surface area contributed by atoms with Gasteiger partial charge in [0.2, 0.25) is 12.6 Å². The molecule has 6 nitrogen and oxygen atoms in total. The van der Waals surface area contributed by atoms with Gasteiger partial charge in [0.25, 0.3) is 0 Å². The van der Waals surface area contributed by atoms with Gasteiger partial charge in [0.1, 0.15) is 0 Å². The van der Waals surface area contributed by atoms with Crippen molar-refractivity contribution in [3.05, 3.63) is 0 Å². The molecule has 0 N–H and O–H groups in total. The molecule has 6 heteroatoms. The minimum Gasteiger partial charge on any atom is -0.436 e. The maximum absolute atomic E-state index is 13.4. The third-order valence-corrected chi connectivity index (χ3v) is 7.73. The highest BCUT2D eigenvalue weighted by Gasteiger charge is 2.64. The minimum atomic E-state index is -0.721. The van der Waals surface area contributed by atoms with Crippen molar-refractivity contribution in [2.75, 3.05) is 13.2 Å². The van der Waals surface area contributed by atoms with Gasteiger partial charge >= 0.3 is 11.9 Å². The van der Waals surface area contributed by atoms with Crippen LogP contribution >= 0.6 is 0 Å². The molecule has 6 rings (SSSR count). The lowest BCUT2D eigenvalue weighted by atomic mass is 9.45. The second-order valence-electron chi connectivity index (χ2n) is 9.68. The fraction of sp³-hybridized carbons (Fsp3) is 0.909. The molecule has 5 atom stereocenters. The van der Waals surface area contributed by atoms with E-state index in [2.05, 4.69) is 0 Å². The molecule has 0 spiro atoms. The zero-order valence-electron chi connectivity index (χ0n) is 16.6. The molecule has 0 aromatic carbocycles. The molecule has 6 aliphatic rings. The van der Waals surface area contributed by atoms with Crippen molar-refractivity contribution in [2.24, 2.45) is 29.1 Å². The number of hydrogen-bond donors (Lipinski definition) is 0. The number of ether oxygens (including phenoxy) is 4. The van der Waals surface area contributed by atoms with Gasteiger partial charge in [0.05, 0.1) is 24.5 Å². The summed E-state index contributed by atoms with van der Waals surface area (Å²) in [6.45, 7) is 1.28. The van der Waals surface area contributed by atoms with Crippen LogP contribution in [0.1, 0.15) is 70.6 Å². The van der Waals surface area contributed by atoms with Gasteiger partial charge in [-0.3, -0.25) is 9.59 Å². The van der Waals surface area contributed by atoms with E-state index in [1.54, 1.807) is 0 Å². The number of rotatable bonds is 4. The van der Waals surface area contributed by atoms with Crippen LogP contribution in [-0.2, 0) is 28.5 Å². The lowest BCUT2D eigenvalue weighted by Gasteiger charge is -2.58. The fourth-order valence-electron chi connectivity index (χ4n) is 6.80. The van der Waals surface area contributed by atoms with Crippen molar-refractivity contribution in [1.82, 2.24) is 0 Å². The molecule has 0 aromatic heterocycles. The lowest BCUT2D eigenvalue weighted by molar-refractivity contribution is -0.229. The van der Waals surface area contributed by atoms with Crippen LogP contribution in [0.5, 0.6) is 0 Å². The normalized spacial score (nSPS) is 44.9. The van der Waals surface area contributed by atoms with E-state index in [4.69, 9.17) is 18.9 Å². The topological polar surface area (TPSA) is 71.1 Å². The predicted molar refractivity (Wildman–Crippen MR) is 98.8 cm³/mol. The van der Waals surface area contributed by atoms with Gasteiger partial charge in [-0.15, -0.1) is 0 Å². The first-order chi connectivity index (χ1) is 13.6. The monoisotopic (exact) mass is 392 g/mol. The van der Waals surface area contributed by atoms with E-state index in [1.807, 2.05) is 0 Å². The summed E-state index contributed by atoms with van der Waals surface area (Å²) in [4.78, 5) is 26.7. The Labute approximate surface area is 166 Å². The molecule has 0 amide bonds. The average Bonchev–Trinajstić information content (AvgIpc) is 2.68. The quantitative estimate of drug-likeness (QED) is 0.681. The van der Waals surface area contributed by atoms with Gasteiger partial charge in [0.15, 0.2) is 0 Å². The summed E-state index contributed by atoms with van der Waals surface area (Å²) in [5, 5.41) is 0. The van der Waals surface area contributed by atoms with E-state index >= 15 is 0 Å². The van der Waals surface area contributed by atoms with E-state index < -0.39 is 18.0 Å². The summed E-state index contributed by atoms with van der Waals surface area (Å²) in [6, 6.07) is 0. The third kappa shape index (κ3) is 3.36. The highest BCUT2D eigenvalue weighted by atomic mass is 16.7. The Morgan fingerprint density at radius 1 is 0.786 bits per heavy atom. The molecule has 2 saturated heterocycles. The van der Waals surface area contributed by atoms with Crippen LogP contribution in [0, 0.1) is 29.1 Å². The summed E-state index contributed by atoms with van der Waals surface area (Å²) in [7, 11) is 0. The molecule has 2 heterocycles. The van der Waals surface area contributed by atoms with Crippen LogP contribution in [0.3, 0.4) is 0 Å². The summed E-state index contributed by atoms with van der Waals surface area (Å²) in [5.74, 6) is 0.464. The molecule has 4 aliphatic carbocycles. The third-order valence-electron chi connectivity index (χ3n) is 7.73. The van der Waals surface area contributed by atoms with Crippen LogP contribution in [-0.4, -0.2) is 37.7 Å². The number of hydrogen-bond acceptors (Lipinski definition) is 6. The minimum absolute atomic E-state index is 0.218. The molecule has 5 unspecified atom stereocenters. The van der Waals surface area contributed by atoms with Crippen molar-refractivity contribution in [3.63, 3.8) is 0 Å². The molecular formula is C22H32O6.